The van der Waals surface area contributed by atoms with Crippen LogP contribution < -0.4 is 5.32 Å². The molecule has 0 unspecified atom stereocenters. The standard InChI is InChI=1S/C23H23F3N4OS/c24-23(25,26)19-7-17(18-2-1-3-32-18)29-20-16(11-28-30(19)20)21(31)27-12-22-8-13-4-14(9-22)6-15(5-13)10-22/h1-3,7,11,13-15H,4-6,8-10,12H2,(H,27,31). The van der Waals surface area contributed by atoms with Gasteiger partial charge in [-0.15, -0.1) is 11.3 Å². The molecular formula is C23H23F3N4OS. The highest BCUT2D eigenvalue weighted by molar-refractivity contribution is 7.13. The van der Waals surface area contributed by atoms with E-state index in [0.717, 1.165) is 47.6 Å². The number of nitrogens with zero attached hydrogens (tertiary/aromatic N) is 3. The molecule has 4 fully saturated rings. The maximum absolute atomic E-state index is 13.7. The van der Waals surface area contributed by atoms with E-state index in [1.54, 1.807) is 17.5 Å². The maximum Gasteiger partial charge on any atom is 0.433 e. The van der Waals surface area contributed by atoms with E-state index in [1.165, 1.54) is 36.8 Å². The first-order valence-electron chi connectivity index (χ1n) is 11.1. The summed E-state index contributed by atoms with van der Waals surface area (Å²) in [7, 11) is 0. The number of fused-ring (bicyclic) bond motifs is 1. The Kier molecular flexibility index (Phi) is 4.44. The molecule has 0 saturated heterocycles. The Bertz CT molecular complexity index is 1150. The van der Waals surface area contributed by atoms with Gasteiger partial charge in [0.25, 0.3) is 5.91 Å². The fourth-order valence-corrected chi connectivity index (χ4v) is 7.43. The van der Waals surface area contributed by atoms with Crippen molar-refractivity contribution in [3.8, 4) is 10.6 Å². The summed E-state index contributed by atoms with van der Waals surface area (Å²) in [5, 5.41) is 8.70. The van der Waals surface area contributed by atoms with Crippen molar-refractivity contribution in [3.05, 3.63) is 41.0 Å². The summed E-state index contributed by atoms with van der Waals surface area (Å²) in [5.74, 6) is 1.89. The lowest BCUT2D eigenvalue weighted by atomic mass is 9.49. The minimum Gasteiger partial charge on any atom is -0.351 e. The van der Waals surface area contributed by atoms with Gasteiger partial charge in [0.1, 0.15) is 5.56 Å². The van der Waals surface area contributed by atoms with E-state index in [2.05, 4.69) is 15.4 Å². The van der Waals surface area contributed by atoms with Crippen LogP contribution in [0, 0.1) is 23.2 Å². The number of rotatable bonds is 4. The van der Waals surface area contributed by atoms with E-state index < -0.39 is 17.8 Å². The van der Waals surface area contributed by atoms with Crippen LogP contribution in [0.2, 0.25) is 0 Å². The van der Waals surface area contributed by atoms with Crippen molar-refractivity contribution in [2.24, 2.45) is 23.2 Å². The highest BCUT2D eigenvalue weighted by Gasteiger charge is 2.50. The van der Waals surface area contributed by atoms with Crippen LogP contribution in [0.4, 0.5) is 13.2 Å². The number of hydrogen-bond acceptors (Lipinski definition) is 4. The summed E-state index contributed by atoms with van der Waals surface area (Å²) in [5.41, 5.74) is -0.591. The van der Waals surface area contributed by atoms with E-state index in [0.29, 0.717) is 11.4 Å². The van der Waals surface area contributed by atoms with Gasteiger partial charge in [-0.05, 0) is 79.2 Å². The quantitative estimate of drug-likeness (QED) is 0.565. The molecule has 0 spiro atoms. The van der Waals surface area contributed by atoms with Crippen molar-refractivity contribution >= 4 is 22.9 Å². The van der Waals surface area contributed by atoms with Gasteiger partial charge in [0.05, 0.1) is 16.8 Å². The summed E-state index contributed by atoms with van der Waals surface area (Å²) in [6.45, 7) is 0.573. The molecule has 1 amide bonds. The molecule has 3 heterocycles. The van der Waals surface area contributed by atoms with Crippen molar-refractivity contribution in [1.29, 1.82) is 0 Å². The Hall–Kier alpha value is -2.42. The molecule has 5 nitrogen and oxygen atoms in total. The molecule has 4 bridgehead atoms. The smallest absolute Gasteiger partial charge is 0.351 e. The van der Waals surface area contributed by atoms with Crippen LogP contribution in [0.5, 0.6) is 0 Å². The van der Waals surface area contributed by atoms with Crippen LogP contribution in [0.1, 0.15) is 54.6 Å². The second-order valence-electron chi connectivity index (χ2n) is 9.90. The Morgan fingerprint density at radius 2 is 1.88 bits per heavy atom. The van der Waals surface area contributed by atoms with Crippen LogP contribution in [0.15, 0.2) is 29.8 Å². The normalized spacial score (nSPS) is 29.0. The zero-order valence-corrected chi connectivity index (χ0v) is 18.2. The molecule has 3 aromatic heterocycles. The number of carbonyl (C=O) groups excluding carboxylic acids is 1. The largest absolute Gasteiger partial charge is 0.433 e. The first kappa shape index (κ1) is 20.2. The number of carbonyl (C=O) groups is 1. The molecule has 0 aliphatic heterocycles. The summed E-state index contributed by atoms with van der Waals surface area (Å²) in [6, 6.07) is 4.46. The Morgan fingerprint density at radius 1 is 1.19 bits per heavy atom. The highest BCUT2D eigenvalue weighted by Crippen LogP contribution is 2.59. The zero-order chi connectivity index (χ0) is 22.1. The molecule has 0 aromatic carbocycles. The van der Waals surface area contributed by atoms with Gasteiger partial charge in [-0.25, -0.2) is 9.50 Å². The Labute approximate surface area is 187 Å². The fraction of sp³-hybridized carbons (Fsp3) is 0.522. The number of hydrogen-bond donors (Lipinski definition) is 1. The van der Waals surface area contributed by atoms with Crippen LogP contribution in [0.3, 0.4) is 0 Å². The number of aromatic nitrogens is 3. The third-order valence-corrected chi connectivity index (χ3v) is 8.46. The molecule has 4 saturated carbocycles. The van der Waals surface area contributed by atoms with Gasteiger partial charge in [-0.3, -0.25) is 4.79 Å². The number of thiophene rings is 1. The molecule has 4 aliphatic rings. The molecule has 3 aromatic rings. The second-order valence-corrected chi connectivity index (χ2v) is 10.8. The van der Waals surface area contributed by atoms with Crippen LogP contribution in [-0.2, 0) is 6.18 Å². The van der Waals surface area contributed by atoms with E-state index in [-0.39, 0.29) is 22.3 Å². The Morgan fingerprint density at radius 3 is 2.47 bits per heavy atom. The van der Waals surface area contributed by atoms with E-state index in [9.17, 15) is 18.0 Å². The average Bonchev–Trinajstić information content (AvgIpc) is 3.39. The molecule has 0 atom stereocenters. The maximum atomic E-state index is 13.7. The molecule has 32 heavy (non-hydrogen) atoms. The van der Waals surface area contributed by atoms with Crippen LogP contribution >= 0.6 is 11.3 Å². The number of halogens is 3. The highest BCUT2D eigenvalue weighted by atomic mass is 32.1. The predicted molar refractivity (Wildman–Crippen MR) is 114 cm³/mol. The summed E-state index contributed by atoms with van der Waals surface area (Å²) >= 11 is 1.30. The lowest BCUT2D eigenvalue weighted by molar-refractivity contribution is -0.142. The van der Waals surface area contributed by atoms with Crippen molar-refractivity contribution < 1.29 is 18.0 Å². The minimum absolute atomic E-state index is 0.0637. The van der Waals surface area contributed by atoms with Gasteiger partial charge in [0.2, 0.25) is 0 Å². The molecule has 0 radical (unpaired) electrons. The third-order valence-electron chi connectivity index (χ3n) is 7.57. The van der Waals surface area contributed by atoms with Crippen LogP contribution in [0.25, 0.3) is 16.2 Å². The van der Waals surface area contributed by atoms with E-state index >= 15 is 0 Å². The number of alkyl halides is 3. The van der Waals surface area contributed by atoms with Crippen molar-refractivity contribution in [3.63, 3.8) is 0 Å². The molecule has 7 rings (SSSR count). The first-order valence-corrected chi connectivity index (χ1v) is 12.0. The van der Waals surface area contributed by atoms with Gasteiger partial charge >= 0.3 is 6.18 Å². The Balaban J connectivity index is 1.32. The monoisotopic (exact) mass is 460 g/mol. The van der Waals surface area contributed by atoms with Crippen LogP contribution in [-0.4, -0.2) is 27.0 Å². The van der Waals surface area contributed by atoms with Gasteiger partial charge in [-0.1, -0.05) is 6.07 Å². The second kappa shape index (κ2) is 7.04. The lowest BCUT2D eigenvalue weighted by Gasteiger charge is -2.56. The molecule has 168 valence electrons. The summed E-state index contributed by atoms with van der Waals surface area (Å²) in [4.78, 5) is 18.1. The van der Waals surface area contributed by atoms with Gasteiger partial charge in [0, 0.05) is 6.54 Å². The lowest BCUT2D eigenvalue weighted by Crippen LogP contribution is -2.51. The van der Waals surface area contributed by atoms with Crippen molar-refractivity contribution in [1.82, 2.24) is 19.9 Å². The molecular weight excluding hydrogens is 437 g/mol. The van der Waals surface area contributed by atoms with Gasteiger partial charge < -0.3 is 5.32 Å². The topological polar surface area (TPSA) is 59.3 Å². The van der Waals surface area contributed by atoms with Crippen molar-refractivity contribution in [2.75, 3.05) is 6.54 Å². The fourth-order valence-electron chi connectivity index (χ4n) is 6.75. The number of nitrogens with one attached hydrogen (secondary N) is 1. The van der Waals surface area contributed by atoms with Gasteiger partial charge in [-0.2, -0.15) is 18.3 Å². The first-order chi connectivity index (χ1) is 15.3. The van der Waals surface area contributed by atoms with Gasteiger partial charge in [0.15, 0.2) is 11.3 Å². The summed E-state index contributed by atoms with van der Waals surface area (Å²) < 4.78 is 41.9. The van der Waals surface area contributed by atoms with E-state index in [1.807, 2.05) is 0 Å². The SMILES string of the molecule is O=C(NCC12CC3CC(CC(C3)C1)C2)c1cnn2c(C(F)(F)F)cc(-c3cccs3)nc12. The third kappa shape index (κ3) is 3.32. The van der Waals surface area contributed by atoms with E-state index in [4.69, 9.17) is 0 Å². The molecule has 4 aliphatic carbocycles. The molecule has 1 N–H and O–H groups in total. The average molecular weight is 461 g/mol. The minimum atomic E-state index is -4.62. The predicted octanol–water partition coefficient (Wildman–Crippen LogP) is 5.42. The summed E-state index contributed by atoms with van der Waals surface area (Å²) in [6.07, 6.45) is 3.97. The number of amides is 1. The zero-order valence-electron chi connectivity index (χ0n) is 17.4. The molecule has 9 heteroatoms. The van der Waals surface area contributed by atoms with Crippen molar-refractivity contribution in [2.45, 2.75) is 44.7 Å².